The van der Waals surface area contributed by atoms with E-state index in [9.17, 15) is 10.1 Å². The molecule has 0 aliphatic carbocycles. The third-order valence-corrected chi connectivity index (χ3v) is 3.78. The van der Waals surface area contributed by atoms with Crippen molar-refractivity contribution >= 4 is 22.9 Å². The minimum Gasteiger partial charge on any atom is -0.310 e. The standard InChI is InChI=1S/C8H9ClN2O2S/c9-8-2-1-7(14-8)5-3-10-4-6(5)11(12)13/h1-2,5-6,10H,3-4H2. The Morgan fingerprint density at radius 3 is 2.93 bits per heavy atom. The Bertz CT molecular complexity index is 355. The van der Waals surface area contributed by atoms with Gasteiger partial charge in [-0.05, 0) is 12.1 Å². The summed E-state index contributed by atoms with van der Waals surface area (Å²) in [5.41, 5.74) is 0. The van der Waals surface area contributed by atoms with E-state index in [2.05, 4.69) is 5.32 Å². The number of thiophene rings is 1. The molecule has 2 heterocycles. The maximum Gasteiger partial charge on any atom is 0.234 e. The van der Waals surface area contributed by atoms with E-state index in [0.717, 1.165) is 4.88 Å². The van der Waals surface area contributed by atoms with Crippen LogP contribution >= 0.6 is 22.9 Å². The number of hydrogen-bond acceptors (Lipinski definition) is 4. The molecule has 1 saturated heterocycles. The van der Waals surface area contributed by atoms with E-state index in [1.54, 1.807) is 6.07 Å². The van der Waals surface area contributed by atoms with E-state index in [1.165, 1.54) is 11.3 Å². The number of hydrogen-bond donors (Lipinski definition) is 1. The first-order chi connectivity index (χ1) is 6.68. The van der Waals surface area contributed by atoms with Gasteiger partial charge in [-0.3, -0.25) is 10.1 Å². The molecule has 1 aromatic heterocycles. The van der Waals surface area contributed by atoms with E-state index >= 15 is 0 Å². The van der Waals surface area contributed by atoms with Gasteiger partial charge in [0.2, 0.25) is 6.04 Å². The van der Waals surface area contributed by atoms with Crippen LogP contribution in [0, 0.1) is 10.1 Å². The van der Waals surface area contributed by atoms with Gasteiger partial charge in [-0.2, -0.15) is 0 Å². The third-order valence-electron chi connectivity index (χ3n) is 2.41. The molecule has 1 aliphatic heterocycles. The maximum absolute atomic E-state index is 10.7. The highest BCUT2D eigenvalue weighted by atomic mass is 35.5. The van der Waals surface area contributed by atoms with Crippen LogP contribution in [0.25, 0.3) is 0 Å². The average Bonchev–Trinajstić information content (AvgIpc) is 2.70. The van der Waals surface area contributed by atoms with Crippen LogP contribution in [0.2, 0.25) is 4.34 Å². The summed E-state index contributed by atoms with van der Waals surface area (Å²) in [6, 6.07) is 3.16. The molecule has 14 heavy (non-hydrogen) atoms. The molecule has 76 valence electrons. The van der Waals surface area contributed by atoms with Gasteiger partial charge in [0.15, 0.2) is 0 Å². The summed E-state index contributed by atoms with van der Waals surface area (Å²) in [4.78, 5) is 11.5. The fraction of sp³-hybridized carbons (Fsp3) is 0.500. The summed E-state index contributed by atoms with van der Waals surface area (Å²) in [7, 11) is 0. The first-order valence-electron chi connectivity index (χ1n) is 4.28. The molecule has 0 radical (unpaired) electrons. The van der Waals surface area contributed by atoms with Gasteiger partial charge < -0.3 is 5.32 Å². The molecular formula is C8H9ClN2O2S. The molecule has 0 bridgehead atoms. The molecule has 0 aromatic carbocycles. The highest BCUT2D eigenvalue weighted by molar-refractivity contribution is 7.16. The Morgan fingerprint density at radius 1 is 1.57 bits per heavy atom. The number of nitrogens with zero attached hydrogens (tertiary/aromatic N) is 1. The van der Waals surface area contributed by atoms with Crippen LogP contribution in [0.1, 0.15) is 10.8 Å². The first-order valence-corrected chi connectivity index (χ1v) is 5.47. The predicted molar refractivity (Wildman–Crippen MR) is 55.7 cm³/mol. The SMILES string of the molecule is O=[N+]([O-])C1CNCC1c1ccc(Cl)s1. The van der Waals surface area contributed by atoms with Crippen LogP contribution in [0.15, 0.2) is 12.1 Å². The van der Waals surface area contributed by atoms with Gasteiger partial charge in [-0.1, -0.05) is 11.6 Å². The third kappa shape index (κ3) is 1.75. The average molecular weight is 233 g/mol. The molecule has 1 aliphatic rings. The van der Waals surface area contributed by atoms with Gasteiger partial charge in [-0.15, -0.1) is 11.3 Å². The molecular weight excluding hydrogens is 224 g/mol. The maximum atomic E-state index is 10.7. The highest BCUT2D eigenvalue weighted by Gasteiger charge is 2.38. The molecule has 0 amide bonds. The monoisotopic (exact) mass is 232 g/mol. The fourth-order valence-corrected chi connectivity index (χ4v) is 2.92. The van der Waals surface area contributed by atoms with Crippen molar-refractivity contribution in [2.24, 2.45) is 0 Å². The summed E-state index contributed by atoms with van der Waals surface area (Å²) in [6.45, 7) is 1.12. The van der Waals surface area contributed by atoms with Gasteiger partial charge in [0, 0.05) is 16.3 Å². The van der Waals surface area contributed by atoms with E-state index < -0.39 is 6.04 Å². The van der Waals surface area contributed by atoms with E-state index in [0.29, 0.717) is 17.4 Å². The Balaban J connectivity index is 2.21. The summed E-state index contributed by atoms with van der Waals surface area (Å²) >= 11 is 7.22. The van der Waals surface area contributed by atoms with Crippen LogP contribution in [-0.4, -0.2) is 24.1 Å². The topological polar surface area (TPSA) is 55.2 Å². The molecule has 1 aromatic rings. The van der Waals surface area contributed by atoms with E-state index in [4.69, 9.17) is 11.6 Å². The Labute approximate surface area is 90.0 Å². The zero-order valence-corrected chi connectivity index (χ0v) is 8.85. The van der Waals surface area contributed by atoms with Gasteiger partial charge in [0.25, 0.3) is 0 Å². The Kier molecular flexibility index (Phi) is 2.71. The minimum absolute atomic E-state index is 0.0255. The van der Waals surface area contributed by atoms with Crippen LogP contribution in [-0.2, 0) is 0 Å². The van der Waals surface area contributed by atoms with Crippen LogP contribution < -0.4 is 5.32 Å². The normalized spacial score (nSPS) is 26.6. The van der Waals surface area contributed by atoms with E-state index in [-0.39, 0.29) is 10.8 Å². The second-order valence-corrected chi connectivity index (χ2v) is 5.01. The molecule has 0 saturated carbocycles. The number of nitrogens with one attached hydrogen (secondary N) is 1. The molecule has 1 N–H and O–H groups in total. The van der Waals surface area contributed by atoms with Gasteiger partial charge in [0.1, 0.15) is 0 Å². The van der Waals surface area contributed by atoms with Crippen molar-refractivity contribution in [2.75, 3.05) is 13.1 Å². The summed E-state index contributed by atoms with van der Waals surface area (Å²) in [6.07, 6.45) is 0. The van der Waals surface area contributed by atoms with Crippen molar-refractivity contribution in [3.05, 3.63) is 31.5 Å². The molecule has 2 atom stereocenters. The first kappa shape index (κ1) is 9.89. The largest absolute Gasteiger partial charge is 0.310 e. The Hall–Kier alpha value is -0.650. The lowest BCUT2D eigenvalue weighted by Gasteiger charge is -2.08. The van der Waals surface area contributed by atoms with Gasteiger partial charge in [-0.25, -0.2) is 0 Å². The predicted octanol–water partition coefficient (Wildman–Crippen LogP) is 1.73. The zero-order valence-electron chi connectivity index (χ0n) is 7.27. The second kappa shape index (κ2) is 3.84. The molecule has 0 spiro atoms. The lowest BCUT2D eigenvalue weighted by atomic mass is 10.0. The molecule has 2 rings (SSSR count). The fourth-order valence-electron chi connectivity index (χ4n) is 1.70. The number of halogens is 1. The second-order valence-electron chi connectivity index (χ2n) is 3.26. The minimum atomic E-state index is -0.510. The van der Waals surface area contributed by atoms with Crippen molar-refractivity contribution in [2.45, 2.75) is 12.0 Å². The van der Waals surface area contributed by atoms with Crippen LogP contribution in [0.5, 0.6) is 0 Å². The summed E-state index contributed by atoms with van der Waals surface area (Å²) in [5.74, 6) is -0.0255. The molecule has 1 fully saturated rings. The molecule has 2 unspecified atom stereocenters. The summed E-state index contributed by atoms with van der Waals surface area (Å²) in [5, 5.41) is 13.8. The number of rotatable bonds is 2. The van der Waals surface area contributed by atoms with Crippen molar-refractivity contribution in [1.82, 2.24) is 5.32 Å². The highest BCUT2D eigenvalue weighted by Crippen LogP contribution is 2.32. The van der Waals surface area contributed by atoms with Crippen molar-refractivity contribution in [3.63, 3.8) is 0 Å². The van der Waals surface area contributed by atoms with Crippen molar-refractivity contribution in [3.8, 4) is 0 Å². The smallest absolute Gasteiger partial charge is 0.234 e. The molecule has 4 nitrogen and oxygen atoms in total. The number of nitro groups is 1. The zero-order chi connectivity index (χ0) is 10.1. The van der Waals surface area contributed by atoms with Gasteiger partial charge in [0.05, 0.1) is 16.8 Å². The summed E-state index contributed by atoms with van der Waals surface area (Å²) < 4.78 is 0.689. The van der Waals surface area contributed by atoms with Gasteiger partial charge >= 0.3 is 0 Å². The lowest BCUT2D eigenvalue weighted by molar-refractivity contribution is -0.520. The Morgan fingerprint density at radius 2 is 2.36 bits per heavy atom. The molecule has 6 heteroatoms. The van der Waals surface area contributed by atoms with Crippen molar-refractivity contribution in [1.29, 1.82) is 0 Å². The van der Waals surface area contributed by atoms with E-state index in [1.807, 2.05) is 6.07 Å². The quantitative estimate of drug-likeness (QED) is 0.624. The lowest BCUT2D eigenvalue weighted by Crippen LogP contribution is -2.26. The van der Waals surface area contributed by atoms with Crippen LogP contribution in [0.4, 0.5) is 0 Å². The van der Waals surface area contributed by atoms with Crippen molar-refractivity contribution < 1.29 is 4.92 Å². The van der Waals surface area contributed by atoms with Crippen LogP contribution in [0.3, 0.4) is 0 Å².